The molecule has 1 aromatic carbocycles. The number of carbonyl (C=O) groups is 1. The minimum Gasteiger partial charge on any atom is -0.471 e. The zero-order chi connectivity index (χ0) is 17.6. The molecule has 2 aromatic rings. The van der Waals surface area contributed by atoms with Crippen LogP contribution in [0.1, 0.15) is 12.0 Å². The van der Waals surface area contributed by atoms with Crippen molar-refractivity contribution in [2.75, 3.05) is 32.1 Å². The van der Waals surface area contributed by atoms with Crippen molar-refractivity contribution in [3.63, 3.8) is 0 Å². The van der Waals surface area contributed by atoms with Gasteiger partial charge in [-0.15, -0.1) is 0 Å². The molecule has 7 heteroatoms. The molecule has 0 spiro atoms. The summed E-state index contributed by atoms with van der Waals surface area (Å²) in [6.45, 7) is 1.37. The molecule has 1 aliphatic rings. The molecule has 0 radical (unpaired) electrons. The normalized spacial score (nSPS) is 16.6. The molecule has 1 aliphatic heterocycles. The highest BCUT2D eigenvalue weighted by Gasteiger charge is 2.29. The summed E-state index contributed by atoms with van der Waals surface area (Å²) in [7, 11) is 3.79. The van der Waals surface area contributed by atoms with Crippen LogP contribution in [0.4, 0.5) is 10.6 Å². The Labute approximate surface area is 147 Å². The first-order valence-corrected chi connectivity index (χ1v) is 8.23. The van der Waals surface area contributed by atoms with Gasteiger partial charge in [0.15, 0.2) is 5.82 Å². The van der Waals surface area contributed by atoms with Gasteiger partial charge < -0.3 is 19.3 Å². The van der Waals surface area contributed by atoms with Gasteiger partial charge in [0.05, 0.1) is 18.9 Å². The molecular formula is C18H22N4O3. The fourth-order valence-electron chi connectivity index (χ4n) is 2.58. The van der Waals surface area contributed by atoms with E-state index in [1.807, 2.05) is 49.3 Å². The van der Waals surface area contributed by atoms with Crippen LogP contribution in [0.25, 0.3) is 0 Å². The van der Waals surface area contributed by atoms with Crippen LogP contribution in [0, 0.1) is 0 Å². The van der Waals surface area contributed by atoms with Gasteiger partial charge in [0.1, 0.15) is 12.7 Å². The van der Waals surface area contributed by atoms with Crippen molar-refractivity contribution in [2.24, 2.45) is 0 Å². The maximum atomic E-state index is 12.2. The third-order valence-corrected chi connectivity index (χ3v) is 3.95. The Morgan fingerprint density at radius 2 is 2.08 bits per heavy atom. The zero-order valence-electron chi connectivity index (χ0n) is 14.5. The van der Waals surface area contributed by atoms with Crippen molar-refractivity contribution >= 4 is 11.9 Å². The summed E-state index contributed by atoms with van der Waals surface area (Å²) >= 11 is 0. The van der Waals surface area contributed by atoms with Crippen LogP contribution >= 0.6 is 0 Å². The maximum absolute atomic E-state index is 12.2. The minimum absolute atomic E-state index is 0.101. The maximum Gasteiger partial charge on any atom is 0.410 e. The molecule has 1 saturated heterocycles. The van der Waals surface area contributed by atoms with Crippen LogP contribution in [-0.4, -0.2) is 54.2 Å². The number of nitrogens with zero attached hydrogens (tertiary/aromatic N) is 4. The highest BCUT2D eigenvalue weighted by Crippen LogP contribution is 2.19. The number of ether oxygens (including phenoxy) is 2. The Hall–Kier alpha value is -2.83. The summed E-state index contributed by atoms with van der Waals surface area (Å²) in [5, 5.41) is 0. The fraction of sp³-hybridized carbons (Fsp3) is 0.389. The third-order valence-electron chi connectivity index (χ3n) is 3.95. The van der Waals surface area contributed by atoms with E-state index in [2.05, 4.69) is 9.97 Å². The van der Waals surface area contributed by atoms with Gasteiger partial charge in [-0.25, -0.2) is 4.79 Å². The van der Waals surface area contributed by atoms with Crippen molar-refractivity contribution in [3.05, 3.63) is 48.3 Å². The second kappa shape index (κ2) is 7.83. The SMILES string of the molecule is CN(C)c1cncc(OC2CCN(C(=O)OCc3ccccc3)C2)n1. The second-order valence-electron chi connectivity index (χ2n) is 6.12. The molecule has 25 heavy (non-hydrogen) atoms. The Balaban J connectivity index is 1.49. The Kier molecular flexibility index (Phi) is 5.33. The molecule has 7 nitrogen and oxygen atoms in total. The van der Waals surface area contributed by atoms with Crippen molar-refractivity contribution in [1.82, 2.24) is 14.9 Å². The number of rotatable bonds is 5. The number of hydrogen-bond acceptors (Lipinski definition) is 6. The van der Waals surface area contributed by atoms with Crippen molar-refractivity contribution in [1.29, 1.82) is 0 Å². The molecule has 1 aromatic heterocycles. The van der Waals surface area contributed by atoms with E-state index in [0.717, 1.165) is 17.8 Å². The van der Waals surface area contributed by atoms with Gasteiger partial charge in [0.2, 0.25) is 5.88 Å². The average molecular weight is 342 g/mol. The third kappa shape index (κ3) is 4.59. The van der Waals surface area contributed by atoms with E-state index in [0.29, 0.717) is 19.0 Å². The molecule has 1 unspecified atom stereocenters. The molecule has 1 amide bonds. The zero-order valence-corrected chi connectivity index (χ0v) is 14.5. The molecule has 0 bridgehead atoms. The van der Waals surface area contributed by atoms with Crippen molar-refractivity contribution in [2.45, 2.75) is 19.1 Å². The predicted molar refractivity (Wildman–Crippen MR) is 93.6 cm³/mol. The predicted octanol–water partition coefficient (Wildman–Crippen LogP) is 2.33. The molecule has 0 aliphatic carbocycles. The summed E-state index contributed by atoms with van der Waals surface area (Å²) in [6, 6.07) is 9.64. The van der Waals surface area contributed by atoms with Crippen molar-refractivity contribution in [3.8, 4) is 5.88 Å². The standard InChI is InChI=1S/C18H22N4O3/c1-21(2)16-10-19-11-17(20-16)25-15-8-9-22(12-15)18(23)24-13-14-6-4-3-5-7-14/h3-7,10-11,15H,8-9,12-13H2,1-2H3. The topological polar surface area (TPSA) is 67.8 Å². The van der Waals surface area contributed by atoms with Crippen LogP contribution in [0.15, 0.2) is 42.7 Å². The van der Waals surface area contributed by atoms with E-state index in [1.165, 1.54) is 0 Å². The molecule has 1 fully saturated rings. The molecule has 1 atom stereocenters. The van der Waals surface area contributed by atoms with E-state index in [4.69, 9.17) is 9.47 Å². The molecule has 2 heterocycles. The Morgan fingerprint density at radius 3 is 2.84 bits per heavy atom. The molecule has 132 valence electrons. The van der Waals surface area contributed by atoms with E-state index in [9.17, 15) is 4.79 Å². The van der Waals surface area contributed by atoms with Gasteiger partial charge in [-0.05, 0) is 5.56 Å². The monoisotopic (exact) mass is 342 g/mol. The lowest BCUT2D eigenvalue weighted by Crippen LogP contribution is -2.31. The lowest BCUT2D eigenvalue weighted by molar-refractivity contribution is 0.0987. The molecule has 0 saturated carbocycles. The van der Waals surface area contributed by atoms with Crippen LogP contribution in [0.2, 0.25) is 0 Å². The smallest absolute Gasteiger partial charge is 0.410 e. The first kappa shape index (κ1) is 17.0. The van der Waals surface area contributed by atoms with E-state index >= 15 is 0 Å². The molecular weight excluding hydrogens is 320 g/mol. The summed E-state index contributed by atoms with van der Waals surface area (Å²) in [6.07, 6.45) is 3.59. The lowest BCUT2D eigenvalue weighted by atomic mass is 10.2. The van der Waals surface area contributed by atoms with Crippen molar-refractivity contribution < 1.29 is 14.3 Å². The summed E-state index contributed by atoms with van der Waals surface area (Å²) in [5.41, 5.74) is 0.971. The van der Waals surface area contributed by atoms with Gasteiger partial charge in [-0.1, -0.05) is 30.3 Å². The largest absolute Gasteiger partial charge is 0.471 e. The summed E-state index contributed by atoms with van der Waals surface area (Å²) < 4.78 is 11.2. The first-order valence-electron chi connectivity index (χ1n) is 8.23. The van der Waals surface area contributed by atoms with Gasteiger partial charge in [-0.2, -0.15) is 4.98 Å². The van der Waals surface area contributed by atoms with Gasteiger partial charge in [-0.3, -0.25) is 4.98 Å². The van der Waals surface area contributed by atoms with Crippen LogP contribution in [0.5, 0.6) is 5.88 Å². The number of benzene rings is 1. The Bertz CT molecular complexity index is 708. The molecule has 3 rings (SSSR count). The van der Waals surface area contributed by atoms with Gasteiger partial charge in [0.25, 0.3) is 0 Å². The first-order chi connectivity index (χ1) is 12.1. The highest BCUT2D eigenvalue weighted by molar-refractivity contribution is 5.68. The number of likely N-dealkylation sites (tertiary alicyclic amines) is 1. The van der Waals surface area contributed by atoms with Crippen LogP contribution < -0.4 is 9.64 Å². The number of anilines is 1. The lowest BCUT2D eigenvalue weighted by Gasteiger charge is -2.17. The average Bonchev–Trinajstić information content (AvgIpc) is 3.09. The number of amides is 1. The van der Waals surface area contributed by atoms with E-state index in [1.54, 1.807) is 17.3 Å². The number of hydrogen-bond donors (Lipinski definition) is 0. The quantitative estimate of drug-likeness (QED) is 0.831. The minimum atomic E-state index is -0.317. The summed E-state index contributed by atoms with van der Waals surface area (Å²) in [4.78, 5) is 24.2. The number of carbonyl (C=O) groups excluding carboxylic acids is 1. The second-order valence-corrected chi connectivity index (χ2v) is 6.12. The molecule has 0 N–H and O–H groups in total. The number of aromatic nitrogens is 2. The van der Waals surface area contributed by atoms with E-state index in [-0.39, 0.29) is 18.8 Å². The Morgan fingerprint density at radius 1 is 1.28 bits per heavy atom. The summed E-state index contributed by atoms with van der Waals surface area (Å²) in [5.74, 6) is 1.20. The van der Waals surface area contributed by atoms with Gasteiger partial charge >= 0.3 is 6.09 Å². The van der Waals surface area contributed by atoms with Gasteiger partial charge in [0, 0.05) is 27.1 Å². The van der Waals surface area contributed by atoms with Crippen LogP contribution in [0.3, 0.4) is 0 Å². The fourth-order valence-corrected chi connectivity index (χ4v) is 2.58. The van der Waals surface area contributed by atoms with E-state index < -0.39 is 0 Å². The highest BCUT2D eigenvalue weighted by atomic mass is 16.6. The van der Waals surface area contributed by atoms with Crippen LogP contribution in [-0.2, 0) is 11.3 Å².